The van der Waals surface area contributed by atoms with Crippen LogP contribution in [0.4, 0.5) is 0 Å². The first kappa shape index (κ1) is 12.3. The Morgan fingerprint density at radius 2 is 2.00 bits per heavy atom. The van der Waals surface area contributed by atoms with Crippen LogP contribution < -0.4 is 10.6 Å². The molecule has 1 rings (SSSR count). The molecule has 3 heteroatoms. The van der Waals surface area contributed by atoms with Crippen LogP contribution in [0.1, 0.15) is 25.4 Å². The molecule has 3 nitrogen and oxygen atoms in total. The maximum atomic E-state index is 5.47. The summed E-state index contributed by atoms with van der Waals surface area (Å²) in [5.74, 6) is 2.65. The average Bonchev–Trinajstić information content (AvgIpc) is 2.61. The van der Waals surface area contributed by atoms with E-state index < -0.39 is 0 Å². The van der Waals surface area contributed by atoms with Crippen LogP contribution in [-0.2, 0) is 6.54 Å². The van der Waals surface area contributed by atoms with E-state index in [0.29, 0.717) is 5.92 Å². The number of furan rings is 1. The lowest BCUT2D eigenvalue weighted by atomic mass is 10.2. The molecule has 1 unspecified atom stereocenters. The molecule has 1 heterocycles. The van der Waals surface area contributed by atoms with E-state index >= 15 is 0 Å². The molecular formula is C12H22N2O. The first-order valence-electron chi connectivity index (χ1n) is 5.69. The van der Waals surface area contributed by atoms with E-state index in [1.165, 1.54) is 0 Å². The molecule has 0 saturated heterocycles. The van der Waals surface area contributed by atoms with Gasteiger partial charge in [0.05, 0.1) is 6.54 Å². The highest BCUT2D eigenvalue weighted by molar-refractivity contribution is 5.05. The van der Waals surface area contributed by atoms with Crippen molar-refractivity contribution in [3.8, 4) is 0 Å². The Morgan fingerprint density at radius 3 is 2.60 bits per heavy atom. The summed E-state index contributed by atoms with van der Waals surface area (Å²) < 4.78 is 5.47. The summed E-state index contributed by atoms with van der Waals surface area (Å²) in [6.45, 7) is 10.3. The summed E-state index contributed by atoms with van der Waals surface area (Å²) in [7, 11) is 0. The summed E-state index contributed by atoms with van der Waals surface area (Å²) in [5, 5.41) is 6.73. The van der Waals surface area contributed by atoms with Crippen molar-refractivity contribution in [1.29, 1.82) is 0 Å². The largest absolute Gasteiger partial charge is 0.465 e. The van der Waals surface area contributed by atoms with E-state index in [1.807, 2.05) is 19.1 Å². The third-order valence-corrected chi connectivity index (χ3v) is 2.33. The monoisotopic (exact) mass is 210 g/mol. The smallest absolute Gasteiger partial charge is 0.117 e. The van der Waals surface area contributed by atoms with Crippen LogP contribution in [0.2, 0.25) is 0 Å². The molecule has 1 atom stereocenters. The highest BCUT2D eigenvalue weighted by atomic mass is 16.3. The lowest BCUT2D eigenvalue weighted by Crippen LogP contribution is -2.29. The summed E-state index contributed by atoms with van der Waals surface area (Å²) in [5.41, 5.74) is 0. The SMILES string of the molecule is CCNCC(C)CNCc1ccc(C)o1. The van der Waals surface area contributed by atoms with Crippen LogP contribution in [-0.4, -0.2) is 19.6 Å². The van der Waals surface area contributed by atoms with Crippen molar-refractivity contribution >= 4 is 0 Å². The molecule has 2 N–H and O–H groups in total. The number of hydrogen-bond acceptors (Lipinski definition) is 3. The summed E-state index contributed by atoms with van der Waals surface area (Å²) >= 11 is 0. The fourth-order valence-corrected chi connectivity index (χ4v) is 1.48. The van der Waals surface area contributed by atoms with Gasteiger partial charge in [-0.15, -0.1) is 0 Å². The van der Waals surface area contributed by atoms with Crippen LogP contribution in [0, 0.1) is 12.8 Å². The van der Waals surface area contributed by atoms with Gasteiger partial charge in [-0.2, -0.15) is 0 Å². The van der Waals surface area contributed by atoms with Crippen molar-refractivity contribution in [2.75, 3.05) is 19.6 Å². The molecule has 86 valence electrons. The fourth-order valence-electron chi connectivity index (χ4n) is 1.48. The van der Waals surface area contributed by atoms with Crippen molar-refractivity contribution in [1.82, 2.24) is 10.6 Å². The molecule has 0 aliphatic heterocycles. The second-order valence-electron chi connectivity index (χ2n) is 4.06. The Morgan fingerprint density at radius 1 is 1.27 bits per heavy atom. The third-order valence-electron chi connectivity index (χ3n) is 2.33. The van der Waals surface area contributed by atoms with Gasteiger partial charge in [0.25, 0.3) is 0 Å². The van der Waals surface area contributed by atoms with Gasteiger partial charge in [0, 0.05) is 0 Å². The Kier molecular flexibility index (Phi) is 5.43. The van der Waals surface area contributed by atoms with Gasteiger partial charge in [-0.05, 0) is 44.6 Å². The van der Waals surface area contributed by atoms with E-state index in [1.54, 1.807) is 0 Å². The fraction of sp³-hybridized carbons (Fsp3) is 0.667. The van der Waals surface area contributed by atoms with Gasteiger partial charge in [-0.3, -0.25) is 0 Å². The molecule has 0 aliphatic rings. The quantitative estimate of drug-likeness (QED) is 0.722. The topological polar surface area (TPSA) is 37.2 Å². The molecule has 0 spiro atoms. The van der Waals surface area contributed by atoms with E-state index in [0.717, 1.165) is 37.7 Å². The van der Waals surface area contributed by atoms with Crippen molar-refractivity contribution < 1.29 is 4.42 Å². The van der Waals surface area contributed by atoms with E-state index in [4.69, 9.17) is 4.42 Å². The molecule has 0 amide bonds. The zero-order valence-electron chi connectivity index (χ0n) is 9.97. The maximum absolute atomic E-state index is 5.47. The number of rotatable bonds is 7. The van der Waals surface area contributed by atoms with E-state index in [2.05, 4.69) is 24.5 Å². The normalized spacial score (nSPS) is 13.0. The molecule has 0 aromatic carbocycles. The van der Waals surface area contributed by atoms with Gasteiger partial charge in [-0.25, -0.2) is 0 Å². The number of aryl methyl sites for hydroxylation is 1. The van der Waals surface area contributed by atoms with E-state index in [-0.39, 0.29) is 0 Å². The summed E-state index contributed by atoms with van der Waals surface area (Å²) in [6, 6.07) is 4.02. The number of hydrogen-bond donors (Lipinski definition) is 2. The number of nitrogens with one attached hydrogen (secondary N) is 2. The minimum Gasteiger partial charge on any atom is -0.465 e. The first-order chi connectivity index (χ1) is 7.22. The first-order valence-corrected chi connectivity index (χ1v) is 5.69. The zero-order chi connectivity index (χ0) is 11.1. The highest BCUT2D eigenvalue weighted by Gasteiger charge is 2.02. The van der Waals surface area contributed by atoms with Crippen LogP contribution in [0.3, 0.4) is 0 Å². The highest BCUT2D eigenvalue weighted by Crippen LogP contribution is 2.05. The molecule has 0 radical (unpaired) electrons. The Labute approximate surface area is 92.2 Å². The minimum absolute atomic E-state index is 0.654. The van der Waals surface area contributed by atoms with Crippen LogP contribution >= 0.6 is 0 Å². The average molecular weight is 210 g/mol. The molecule has 0 bridgehead atoms. The molecule has 0 saturated carbocycles. The lowest BCUT2D eigenvalue weighted by Gasteiger charge is -2.11. The van der Waals surface area contributed by atoms with Crippen molar-refractivity contribution in [2.45, 2.75) is 27.3 Å². The predicted molar refractivity (Wildman–Crippen MR) is 62.9 cm³/mol. The van der Waals surface area contributed by atoms with Gasteiger partial charge in [0.2, 0.25) is 0 Å². The van der Waals surface area contributed by atoms with Gasteiger partial charge >= 0.3 is 0 Å². The van der Waals surface area contributed by atoms with Gasteiger partial charge < -0.3 is 15.1 Å². The third kappa shape index (κ3) is 5.00. The van der Waals surface area contributed by atoms with Gasteiger partial charge in [-0.1, -0.05) is 13.8 Å². The molecule has 1 aromatic rings. The molecular weight excluding hydrogens is 188 g/mol. The minimum atomic E-state index is 0.654. The summed E-state index contributed by atoms with van der Waals surface area (Å²) in [4.78, 5) is 0. The lowest BCUT2D eigenvalue weighted by molar-refractivity contribution is 0.432. The predicted octanol–water partition coefficient (Wildman–Crippen LogP) is 1.92. The maximum Gasteiger partial charge on any atom is 0.117 e. The Balaban J connectivity index is 2.10. The summed E-state index contributed by atoms with van der Waals surface area (Å²) in [6.07, 6.45) is 0. The van der Waals surface area contributed by atoms with Crippen molar-refractivity contribution in [2.24, 2.45) is 5.92 Å². The molecule has 15 heavy (non-hydrogen) atoms. The van der Waals surface area contributed by atoms with Gasteiger partial charge in [0.15, 0.2) is 0 Å². The Hall–Kier alpha value is -0.800. The molecule has 0 fully saturated rings. The standard InChI is InChI=1S/C12H22N2O/c1-4-13-7-10(2)8-14-9-12-6-5-11(3)15-12/h5-6,10,13-14H,4,7-9H2,1-3H3. The molecule has 1 aromatic heterocycles. The molecule has 0 aliphatic carbocycles. The second kappa shape index (κ2) is 6.64. The Bertz CT molecular complexity index is 270. The van der Waals surface area contributed by atoms with Gasteiger partial charge in [0.1, 0.15) is 11.5 Å². The van der Waals surface area contributed by atoms with Crippen LogP contribution in [0.25, 0.3) is 0 Å². The second-order valence-corrected chi connectivity index (χ2v) is 4.06. The van der Waals surface area contributed by atoms with Crippen molar-refractivity contribution in [3.05, 3.63) is 23.7 Å². The van der Waals surface area contributed by atoms with Crippen LogP contribution in [0.5, 0.6) is 0 Å². The zero-order valence-corrected chi connectivity index (χ0v) is 9.97. The van der Waals surface area contributed by atoms with Crippen molar-refractivity contribution in [3.63, 3.8) is 0 Å². The van der Waals surface area contributed by atoms with Crippen LogP contribution in [0.15, 0.2) is 16.5 Å². The van der Waals surface area contributed by atoms with E-state index in [9.17, 15) is 0 Å².